The van der Waals surface area contributed by atoms with Crippen molar-refractivity contribution < 1.29 is 30.8 Å². The van der Waals surface area contributed by atoms with Crippen molar-refractivity contribution in [1.82, 2.24) is 10.3 Å². The van der Waals surface area contributed by atoms with Gasteiger partial charge in [-0.05, 0) is 49.8 Å². The second-order valence-electron chi connectivity index (χ2n) is 7.02. The lowest BCUT2D eigenvalue weighted by Gasteiger charge is -2.23. The SMILES string of the molecule is CCN(CC)c1nc(C(F)(F)F)ccc1C=CC(=O)NCc1ccc(NS(C)(=O)=O)c(F)c1. The molecule has 0 aliphatic heterocycles. The Labute approximate surface area is 189 Å². The molecule has 180 valence electrons. The van der Waals surface area contributed by atoms with Crippen LogP contribution < -0.4 is 14.9 Å². The van der Waals surface area contributed by atoms with E-state index in [1.807, 2.05) is 4.72 Å². The molecule has 12 heteroatoms. The summed E-state index contributed by atoms with van der Waals surface area (Å²) in [4.78, 5) is 17.5. The summed E-state index contributed by atoms with van der Waals surface area (Å²) in [6, 6.07) is 5.85. The van der Waals surface area contributed by atoms with Gasteiger partial charge in [0, 0.05) is 31.3 Å². The third-order valence-corrected chi connectivity index (χ3v) is 5.06. The van der Waals surface area contributed by atoms with Crippen molar-refractivity contribution in [2.24, 2.45) is 0 Å². The average molecular weight is 489 g/mol. The monoisotopic (exact) mass is 488 g/mol. The molecule has 0 bridgehead atoms. The molecule has 1 heterocycles. The van der Waals surface area contributed by atoms with Crippen LogP contribution in [0.3, 0.4) is 0 Å². The van der Waals surface area contributed by atoms with E-state index in [0.717, 1.165) is 24.5 Å². The molecule has 0 radical (unpaired) electrons. The van der Waals surface area contributed by atoms with Gasteiger partial charge in [-0.25, -0.2) is 17.8 Å². The molecule has 0 aliphatic carbocycles. The number of hydrogen-bond acceptors (Lipinski definition) is 5. The van der Waals surface area contributed by atoms with Gasteiger partial charge in [0.25, 0.3) is 0 Å². The molecule has 0 fully saturated rings. The summed E-state index contributed by atoms with van der Waals surface area (Å²) in [7, 11) is -3.64. The van der Waals surface area contributed by atoms with E-state index in [0.29, 0.717) is 24.2 Å². The number of aromatic nitrogens is 1. The number of hydrogen-bond donors (Lipinski definition) is 2. The number of halogens is 4. The number of sulfonamides is 1. The highest BCUT2D eigenvalue weighted by atomic mass is 32.2. The Balaban J connectivity index is 2.13. The first kappa shape index (κ1) is 26.1. The Morgan fingerprint density at radius 1 is 1.15 bits per heavy atom. The molecule has 2 rings (SSSR count). The van der Waals surface area contributed by atoms with Crippen LogP contribution in [-0.2, 0) is 27.5 Å². The summed E-state index contributed by atoms with van der Waals surface area (Å²) in [6.07, 6.45) is -1.20. The van der Waals surface area contributed by atoms with Gasteiger partial charge in [0.2, 0.25) is 15.9 Å². The molecule has 0 aliphatic rings. The lowest BCUT2D eigenvalue weighted by atomic mass is 10.2. The van der Waals surface area contributed by atoms with Gasteiger partial charge >= 0.3 is 6.18 Å². The molecule has 0 atom stereocenters. The quantitative estimate of drug-likeness (QED) is 0.414. The van der Waals surface area contributed by atoms with Crippen molar-refractivity contribution in [1.29, 1.82) is 0 Å². The molecule has 0 spiro atoms. The van der Waals surface area contributed by atoms with Gasteiger partial charge in [0.15, 0.2) is 0 Å². The first-order valence-electron chi connectivity index (χ1n) is 9.89. The van der Waals surface area contributed by atoms with E-state index in [-0.39, 0.29) is 18.1 Å². The Kier molecular flexibility index (Phi) is 8.42. The predicted molar refractivity (Wildman–Crippen MR) is 119 cm³/mol. The Bertz CT molecular complexity index is 1130. The van der Waals surface area contributed by atoms with Crippen LogP contribution in [0.25, 0.3) is 6.08 Å². The molecule has 7 nitrogen and oxygen atoms in total. The summed E-state index contributed by atoms with van der Waals surface area (Å²) in [6.45, 7) is 4.36. The number of carbonyl (C=O) groups excluding carboxylic acids is 1. The Morgan fingerprint density at radius 2 is 1.82 bits per heavy atom. The smallest absolute Gasteiger partial charge is 0.357 e. The number of carbonyl (C=O) groups is 1. The van der Waals surface area contributed by atoms with Gasteiger partial charge in [0.1, 0.15) is 17.3 Å². The minimum absolute atomic E-state index is 0.0482. The average Bonchev–Trinajstić information content (AvgIpc) is 2.72. The van der Waals surface area contributed by atoms with Crippen molar-refractivity contribution in [3.05, 3.63) is 59.0 Å². The van der Waals surface area contributed by atoms with E-state index in [2.05, 4.69) is 10.3 Å². The molecule has 2 aromatic rings. The molecular formula is C21H24F4N4O3S. The fourth-order valence-electron chi connectivity index (χ4n) is 2.89. The van der Waals surface area contributed by atoms with Crippen molar-refractivity contribution in [3.8, 4) is 0 Å². The van der Waals surface area contributed by atoms with Crippen LogP contribution >= 0.6 is 0 Å². The topological polar surface area (TPSA) is 91.4 Å². The van der Waals surface area contributed by atoms with Crippen LogP contribution in [0.1, 0.15) is 30.7 Å². The maximum Gasteiger partial charge on any atom is 0.433 e. The standard InChI is InChI=1S/C21H24F4N4O3S/c1-4-29(5-2)20-15(7-10-18(27-20)21(23,24)25)8-11-19(30)26-13-14-6-9-17(16(22)12-14)28-33(3,31)32/h6-12,28H,4-5,13H2,1-3H3,(H,26,30). The molecule has 1 aromatic carbocycles. The van der Waals surface area contributed by atoms with Gasteiger partial charge in [-0.15, -0.1) is 0 Å². The maximum absolute atomic E-state index is 14.0. The van der Waals surface area contributed by atoms with Crippen LogP contribution in [0.4, 0.5) is 29.1 Å². The molecule has 1 amide bonds. The van der Waals surface area contributed by atoms with Crippen LogP contribution in [0, 0.1) is 5.82 Å². The minimum atomic E-state index is -4.59. The zero-order chi connectivity index (χ0) is 24.8. The van der Waals surface area contributed by atoms with Gasteiger partial charge < -0.3 is 10.2 Å². The van der Waals surface area contributed by atoms with Gasteiger partial charge in [-0.2, -0.15) is 13.2 Å². The van der Waals surface area contributed by atoms with Crippen molar-refractivity contribution in [3.63, 3.8) is 0 Å². The normalized spacial score (nSPS) is 12.1. The first-order chi connectivity index (χ1) is 15.3. The van der Waals surface area contributed by atoms with E-state index in [1.54, 1.807) is 18.7 Å². The van der Waals surface area contributed by atoms with Gasteiger partial charge in [0.05, 0.1) is 11.9 Å². The second kappa shape index (κ2) is 10.6. The number of alkyl halides is 3. The first-order valence-corrected chi connectivity index (χ1v) is 11.8. The van der Waals surface area contributed by atoms with E-state index in [4.69, 9.17) is 0 Å². The molecule has 33 heavy (non-hydrogen) atoms. The highest BCUT2D eigenvalue weighted by molar-refractivity contribution is 7.92. The van der Waals surface area contributed by atoms with Crippen LogP contribution in [-0.4, -0.2) is 38.7 Å². The summed E-state index contributed by atoms with van der Waals surface area (Å²) in [5, 5.41) is 2.53. The van der Waals surface area contributed by atoms with Crippen LogP contribution in [0.15, 0.2) is 36.4 Å². The predicted octanol–water partition coefficient (Wildman–Crippen LogP) is 3.79. The van der Waals surface area contributed by atoms with Crippen molar-refractivity contribution >= 4 is 33.5 Å². The summed E-state index contributed by atoms with van der Waals surface area (Å²) in [5.74, 6) is -1.25. The highest BCUT2D eigenvalue weighted by Gasteiger charge is 2.33. The van der Waals surface area contributed by atoms with Crippen LogP contribution in [0.2, 0.25) is 0 Å². The number of pyridine rings is 1. The summed E-state index contributed by atoms with van der Waals surface area (Å²) < 4.78 is 77.7. The zero-order valence-electron chi connectivity index (χ0n) is 18.2. The molecule has 2 N–H and O–H groups in total. The largest absolute Gasteiger partial charge is 0.433 e. The third kappa shape index (κ3) is 7.74. The van der Waals surface area contributed by atoms with Crippen molar-refractivity contribution in [2.75, 3.05) is 29.0 Å². The number of rotatable bonds is 9. The van der Waals surface area contributed by atoms with E-state index < -0.39 is 33.6 Å². The Morgan fingerprint density at radius 3 is 2.36 bits per heavy atom. The van der Waals surface area contributed by atoms with Crippen LogP contribution in [0.5, 0.6) is 0 Å². The molecule has 0 saturated heterocycles. The molecule has 0 unspecified atom stereocenters. The Hall–Kier alpha value is -3.15. The number of anilines is 2. The zero-order valence-corrected chi connectivity index (χ0v) is 19.0. The summed E-state index contributed by atoms with van der Waals surface area (Å²) >= 11 is 0. The maximum atomic E-state index is 14.0. The number of amides is 1. The van der Waals surface area contributed by atoms with Gasteiger partial charge in [-0.1, -0.05) is 6.07 Å². The molecular weight excluding hydrogens is 464 g/mol. The summed E-state index contributed by atoms with van der Waals surface area (Å²) in [5.41, 5.74) is -0.523. The van der Waals surface area contributed by atoms with E-state index in [9.17, 15) is 30.8 Å². The van der Waals surface area contributed by atoms with Crippen molar-refractivity contribution in [2.45, 2.75) is 26.6 Å². The minimum Gasteiger partial charge on any atom is -0.357 e. The molecule has 0 saturated carbocycles. The number of benzene rings is 1. The molecule has 1 aromatic heterocycles. The fourth-order valence-corrected chi connectivity index (χ4v) is 3.45. The van der Waals surface area contributed by atoms with Gasteiger partial charge in [-0.3, -0.25) is 9.52 Å². The fraction of sp³-hybridized carbons (Fsp3) is 0.333. The second-order valence-corrected chi connectivity index (χ2v) is 8.77. The highest BCUT2D eigenvalue weighted by Crippen LogP contribution is 2.31. The number of nitrogens with zero attached hydrogens (tertiary/aromatic N) is 2. The number of nitrogens with one attached hydrogen (secondary N) is 2. The van der Waals surface area contributed by atoms with E-state index >= 15 is 0 Å². The lowest BCUT2D eigenvalue weighted by molar-refractivity contribution is -0.141. The third-order valence-electron chi connectivity index (χ3n) is 4.47. The van der Waals surface area contributed by atoms with E-state index in [1.165, 1.54) is 24.3 Å². The lowest BCUT2D eigenvalue weighted by Crippen LogP contribution is -2.25.